The molecular weight excluding hydrogens is 222 g/mol. The van der Waals surface area contributed by atoms with E-state index in [-0.39, 0.29) is 5.91 Å². The topological polar surface area (TPSA) is 29.1 Å². The van der Waals surface area contributed by atoms with Gasteiger partial charge in [-0.05, 0) is 18.4 Å². The molecule has 1 aromatic rings. The van der Waals surface area contributed by atoms with Crippen LogP contribution < -0.4 is 5.32 Å². The minimum atomic E-state index is 0.192. The van der Waals surface area contributed by atoms with Gasteiger partial charge in [0.25, 0.3) is 0 Å². The summed E-state index contributed by atoms with van der Waals surface area (Å²) < 4.78 is 0. The summed E-state index contributed by atoms with van der Waals surface area (Å²) in [6, 6.07) is 10.4. The van der Waals surface area contributed by atoms with E-state index in [1.807, 2.05) is 6.07 Å². The Hall–Kier alpha value is -1.31. The Morgan fingerprint density at radius 2 is 1.89 bits per heavy atom. The fraction of sp³-hybridized carbons (Fsp3) is 0.562. The Balaban J connectivity index is 2.34. The lowest BCUT2D eigenvalue weighted by atomic mass is 9.96. The number of amides is 1. The summed E-state index contributed by atoms with van der Waals surface area (Å²) in [5, 5.41) is 3.05. The molecule has 0 fully saturated rings. The predicted molar refractivity (Wildman–Crippen MR) is 76.6 cm³/mol. The predicted octanol–water partition coefficient (Wildman–Crippen LogP) is 3.88. The van der Waals surface area contributed by atoms with E-state index in [0.29, 0.717) is 12.3 Å². The fourth-order valence-electron chi connectivity index (χ4n) is 2.08. The highest BCUT2D eigenvalue weighted by Crippen LogP contribution is 2.17. The first kappa shape index (κ1) is 14.7. The molecule has 0 saturated heterocycles. The van der Waals surface area contributed by atoms with Gasteiger partial charge in [0.2, 0.25) is 5.91 Å². The lowest BCUT2D eigenvalue weighted by Gasteiger charge is -2.16. The van der Waals surface area contributed by atoms with E-state index in [1.54, 1.807) is 0 Å². The Morgan fingerprint density at radius 1 is 1.17 bits per heavy atom. The molecule has 0 heterocycles. The Kier molecular flexibility index (Phi) is 7.16. The molecule has 0 aliphatic carbocycles. The van der Waals surface area contributed by atoms with E-state index in [1.165, 1.54) is 5.56 Å². The van der Waals surface area contributed by atoms with Crippen LogP contribution in [-0.4, -0.2) is 12.5 Å². The first-order valence-electron chi connectivity index (χ1n) is 7.09. The van der Waals surface area contributed by atoms with Crippen molar-refractivity contribution in [2.24, 2.45) is 0 Å². The van der Waals surface area contributed by atoms with Crippen molar-refractivity contribution in [3.05, 3.63) is 35.9 Å². The zero-order chi connectivity index (χ0) is 13.2. The van der Waals surface area contributed by atoms with Gasteiger partial charge < -0.3 is 5.32 Å². The van der Waals surface area contributed by atoms with E-state index in [4.69, 9.17) is 0 Å². The third-order valence-corrected chi connectivity index (χ3v) is 3.32. The molecule has 1 aromatic carbocycles. The Bertz CT molecular complexity index is 334. The van der Waals surface area contributed by atoms with Crippen LogP contribution >= 0.6 is 0 Å². The molecular formula is C16H25NO. The molecule has 1 amide bonds. The van der Waals surface area contributed by atoms with Gasteiger partial charge in [-0.3, -0.25) is 4.79 Å². The fourth-order valence-corrected chi connectivity index (χ4v) is 2.08. The molecule has 1 N–H and O–H groups in total. The SMILES string of the molecule is CCCCCC(=O)NCC(CC)c1ccccc1. The van der Waals surface area contributed by atoms with Crippen LogP contribution in [0.4, 0.5) is 0 Å². The average Bonchev–Trinajstić information content (AvgIpc) is 2.41. The summed E-state index contributed by atoms with van der Waals surface area (Å²) >= 11 is 0. The average molecular weight is 247 g/mol. The number of rotatable bonds is 8. The van der Waals surface area contributed by atoms with Crippen LogP contribution in [0.1, 0.15) is 57.4 Å². The lowest BCUT2D eigenvalue weighted by molar-refractivity contribution is -0.121. The number of hydrogen-bond acceptors (Lipinski definition) is 1. The maximum absolute atomic E-state index is 11.7. The summed E-state index contributed by atoms with van der Waals surface area (Å²) in [7, 11) is 0. The normalized spacial score (nSPS) is 12.1. The number of unbranched alkanes of at least 4 members (excludes halogenated alkanes) is 2. The summed E-state index contributed by atoms with van der Waals surface area (Å²) in [6.45, 7) is 5.08. The van der Waals surface area contributed by atoms with E-state index < -0.39 is 0 Å². The number of hydrogen-bond donors (Lipinski definition) is 1. The highest BCUT2D eigenvalue weighted by molar-refractivity contribution is 5.75. The second-order valence-corrected chi connectivity index (χ2v) is 4.78. The first-order valence-corrected chi connectivity index (χ1v) is 7.09. The van der Waals surface area contributed by atoms with Gasteiger partial charge in [-0.25, -0.2) is 0 Å². The lowest BCUT2D eigenvalue weighted by Crippen LogP contribution is -2.28. The summed E-state index contributed by atoms with van der Waals surface area (Å²) in [5.41, 5.74) is 1.31. The number of nitrogens with one attached hydrogen (secondary N) is 1. The van der Waals surface area contributed by atoms with Gasteiger partial charge in [-0.2, -0.15) is 0 Å². The molecule has 1 atom stereocenters. The second kappa shape index (κ2) is 8.73. The minimum Gasteiger partial charge on any atom is -0.355 e. The van der Waals surface area contributed by atoms with Crippen LogP contribution in [0, 0.1) is 0 Å². The van der Waals surface area contributed by atoms with E-state index in [9.17, 15) is 4.79 Å². The molecule has 18 heavy (non-hydrogen) atoms. The van der Waals surface area contributed by atoms with E-state index in [2.05, 4.69) is 43.4 Å². The smallest absolute Gasteiger partial charge is 0.220 e. The van der Waals surface area contributed by atoms with Crippen LogP contribution in [-0.2, 0) is 4.79 Å². The quantitative estimate of drug-likeness (QED) is 0.694. The van der Waals surface area contributed by atoms with E-state index in [0.717, 1.165) is 32.2 Å². The molecule has 0 aromatic heterocycles. The Labute approximate surface area is 111 Å². The van der Waals surface area contributed by atoms with Crippen LogP contribution in [0.25, 0.3) is 0 Å². The molecule has 1 unspecified atom stereocenters. The van der Waals surface area contributed by atoms with Crippen molar-refractivity contribution in [3.8, 4) is 0 Å². The maximum atomic E-state index is 11.7. The second-order valence-electron chi connectivity index (χ2n) is 4.78. The van der Waals surface area contributed by atoms with Crippen LogP contribution in [0.3, 0.4) is 0 Å². The van der Waals surface area contributed by atoms with Gasteiger partial charge in [0.05, 0.1) is 0 Å². The molecule has 0 aliphatic rings. The minimum absolute atomic E-state index is 0.192. The van der Waals surface area contributed by atoms with Gasteiger partial charge >= 0.3 is 0 Å². The monoisotopic (exact) mass is 247 g/mol. The van der Waals surface area contributed by atoms with Gasteiger partial charge in [-0.1, -0.05) is 57.0 Å². The Morgan fingerprint density at radius 3 is 2.50 bits per heavy atom. The molecule has 0 radical (unpaired) electrons. The van der Waals surface area contributed by atoms with E-state index >= 15 is 0 Å². The number of carbonyl (C=O) groups excluding carboxylic acids is 1. The van der Waals surface area contributed by atoms with Crippen molar-refractivity contribution in [3.63, 3.8) is 0 Å². The van der Waals surface area contributed by atoms with Crippen molar-refractivity contribution in [1.82, 2.24) is 5.32 Å². The van der Waals surface area contributed by atoms with Crippen molar-refractivity contribution >= 4 is 5.91 Å². The third kappa shape index (κ3) is 5.35. The summed E-state index contributed by atoms with van der Waals surface area (Å²) in [5.74, 6) is 0.624. The summed E-state index contributed by atoms with van der Waals surface area (Å²) in [4.78, 5) is 11.7. The van der Waals surface area contributed by atoms with Crippen molar-refractivity contribution in [2.45, 2.75) is 51.9 Å². The summed E-state index contributed by atoms with van der Waals surface area (Å²) in [6.07, 6.45) is 5.03. The van der Waals surface area contributed by atoms with Crippen molar-refractivity contribution in [2.75, 3.05) is 6.54 Å². The zero-order valence-electron chi connectivity index (χ0n) is 11.6. The highest BCUT2D eigenvalue weighted by Gasteiger charge is 2.10. The molecule has 0 spiro atoms. The molecule has 0 saturated carbocycles. The van der Waals surface area contributed by atoms with Gasteiger partial charge in [-0.15, -0.1) is 0 Å². The molecule has 1 rings (SSSR count). The standard InChI is InChI=1S/C16H25NO/c1-3-5-7-12-16(18)17-13-14(4-2)15-10-8-6-9-11-15/h6,8-11,14H,3-5,7,12-13H2,1-2H3,(H,17,18). The van der Waals surface area contributed by atoms with Gasteiger partial charge in [0.15, 0.2) is 0 Å². The largest absolute Gasteiger partial charge is 0.355 e. The van der Waals surface area contributed by atoms with Gasteiger partial charge in [0, 0.05) is 18.9 Å². The zero-order valence-corrected chi connectivity index (χ0v) is 11.6. The molecule has 2 heteroatoms. The molecule has 0 aliphatic heterocycles. The molecule has 2 nitrogen and oxygen atoms in total. The van der Waals surface area contributed by atoms with Crippen LogP contribution in [0.2, 0.25) is 0 Å². The molecule has 0 bridgehead atoms. The number of benzene rings is 1. The van der Waals surface area contributed by atoms with Crippen LogP contribution in [0.15, 0.2) is 30.3 Å². The first-order chi connectivity index (χ1) is 8.77. The third-order valence-electron chi connectivity index (χ3n) is 3.32. The number of carbonyl (C=O) groups is 1. The molecule has 100 valence electrons. The van der Waals surface area contributed by atoms with Gasteiger partial charge in [0.1, 0.15) is 0 Å². The van der Waals surface area contributed by atoms with Crippen molar-refractivity contribution < 1.29 is 4.79 Å². The van der Waals surface area contributed by atoms with Crippen molar-refractivity contribution in [1.29, 1.82) is 0 Å². The maximum Gasteiger partial charge on any atom is 0.220 e. The highest BCUT2D eigenvalue weighted by atomic mass is 16.1. The van der Waals surface area contributed by atoms with Crippen LogP contribution in [0.5, 0.6) is 0 Å².